The Morgan fingerprint density at radius 3 is 2.73 bits per heavy atom. The third-order valence-corrected chi connectivity index (χ3v) is 2.79. The summed E-state index contributed by atoms with van der Waals surface area (Å²) >= 11 is 0. The molecule has 1 aliphatic carbocycles. The first-order chi connectivity index (χ1) is 7.35. The average molecular weight is 205 g/mol. The molecule has 0 saturated heterocycles. The lowest BCUT2D eigenvalue weighted by Gasteiger charge is -2.22. The minimum Gasteiger partial charge on any atom is -0.354 e. The molecule has 1 heterocycles. The van der Waals surface area contributed by atoms with Crippen molar-refractivity contribution < 1.29 is 0 Å². The largest absolute Gasteiger partial charge is 0.354 e. The Balaban J connectivity index is 2.10. The van der Waals surface area contributed by atoms with Crippen LogP contribution in [0.4, 0.5) is 5.82 Å². The first-order valence-corrected chi connectivity index (χ1v) is 5.76. The zero-order chi connectivity index (χ0) is 10.7. The van der Waals surface area contributed by atoms with Crippen molar-refractivity contribution in [2.75, 3.05) is 11.4 Å². The third kappa shape index (κ3) is 2.48. The van der Waals surface area contributed by atoms with Gasteiger partial charge in [-0.2, -0.15) is 0 Å². The summed E-state index contributed by atoms with van der Waals surface area (Å²) in [6.45, 7) is 3.90. The molecule has 0 radical (unpaired) electrons. The molecular weight excluding hydrogens is 186 g/mol. The average Bonchev–Trinajstić information content (AvgIpc) is 3.10. The Morgan fingerprint density at radius 1 is 1.47 bits per heavy atom. The van der Waals surface area contributed by atoms with Crippen LogP contribution in [-0.2, 0) is 6.54 Å². The molecule has 2 rings (SSSR count). The molecule has 0 aromatic carbocycles. The van der Waals surface area contributed by atoms with Crippen molar-refractivity contribution in [3.8, 4) is 0 Å². The number of nitrogens with two attached hydrogens (primary N) is 1. The van der Waals surface area contributed by atoms with E-state index in [-0.39, 0.29) is 0 Å². The van der Waals surface area contributed by atoms with Gasteiger partial charge in [-0.3, -0.25) is 0 Å². The fourth-order valence-electron chi connectivity index (χ4n) is 1.82. The van der Waals surface area contributed by atoms with E-state index in [2.05, 4.69) is 28.9 Å². The van der Waals surface area contributed by atoms with Crippen LogP contribution >= 0.6 is 0 Å². The van der Waals surface area contributed by atoms with Gasteiger partial charge < -0.3 is 10.6 Å². The van der Waals surface area contributed by atoms with Crippen LogP contribution in [0.15, 0.2) is 18.3 Å². The van der Waals surface area contributed by atoms with E-state index in [0.29, 0.717) is 6.54 Å². The van der Waals surface area contributed by atoms with E-state index in [4.69, 9.17) is 5.73 Å². The van der Waals surface area contributed by atoms with Crippen molar-refractivity contribution in [1.82, 2.24) is 4.98 Å². The normalized spacial score (nSPS) is 15.3. The summed E-state index contributed by atoms with van der Waals surface area (Å²) in [5.41, 5.74) is 6.66. The summed E-state index contributed by atoms with van der Waals surface area (Å²) in [5.74, 6) is 1.11. The summed E-state index contributed by atoms with van der Waals surface area (Å²) in [6, 6.07) is 4.91. The molecule has 82 valence electrons. The number of hydrogen-bond acceptors (Lipinski definition) is 3. The van der Waals surface area contributed by atoms with E-state index < -0.39 is 0 Å². The van der Waals surface area contributed by atoms with E-state index in [0.717, 1.165) is 24.0 Å². The van der Waals surface area contributed by atoms with E-state index in [9.17, 15) is 0 Å². The Morgan fingerprint density at radius 2 is 2.27 bits per heavy atom. The van der Waals surface area contributed by atoms with Gasteiger partial charge in [0.05, 0.1) is 0 Å². The molecule has 2 N–H and O–H groups in total. The molecule has 0 amide bonds. The smallest absolute Gasteiger partial charge is 0.128 e. The minimum atomic E-state index is 0.574. The molecule has 15 heavy (non-hydrogen) atoms. The number of hydrogen-bond donors (Lipinski definition) is 1. The highest BCUT2D eigenvalue weighted by Crippen LogP contribution is 2.30. The lowest BCUT2D eigenvalue weighted by molar-refractivity contribution is 0.749. The van der Waals surface area contributed by atoms with Crippen LogP contribution in [0.25, 0.3) is 0 Å². The first-order valence-electron chi connectivity index (χ1n) is 5.76. The number of nitrogens with zero attached hydrogens (tertiary/aromatic N) is 2. The van der Waals surface area contributed by atoms with Gasteiger partial charge in [-0.15, -0.1) is 0 Å². The Kier molecular flexibility index (Phi) is 3.21. The SMILES string of the molecule is CCCN(c1ccc(CN)cn1)C1CC1. The molecule has 0 aliphatic heterocycles. The number of pyridine rings is 1. The molecule has 0 spiro atoms. The predicted octanol–water partition coefficient (Wildman–Crippen LogP) is 1.92. The van der Waals surface area contributed by atoms with Crippen LogP contribution in [0.1, 0.15) is 31.7 Å². The third-order valence-electron chi connectivity index (χ3n) is 2.79. The summed E-state index contributed by atoms with van der Waals surface area (Å²) < 4.78 is 0. The Labute approximate surface area is 91.3 Å². The lowest BCUT2D eigenvalue weighted by Crippen LogP contribution is -2.27. The van der Waals surface area contributed by atoms with Gasteiger partial charge in [0.15, 0.2) is 0 Å². The maximum atomic E-state index is 5.55. The van der Waals surface area contributed by atoms with Gasteiger partial charge in [0.2, 0.25) is 0 Å². The highest BCUT2D eigenvalue weighted by molar-refractivity contribution is 5.42. The van der Waals surface area contributed by atoms with Crippen molar-refractivity contribution in [3.63, 3.8) is 0 Å². The number of aromatic nitrogens is 1. The van der Waals surface area contributed by atoms with E-state index in [1.54, 1.807) is 0 Å². The van der Waals surface area contributed by atoms with Gasteiger partial charge in [-0.1, -0.05) is 13.0 Å². The summed E-state index contributed by atoms with van der Waals surface area (Å²) in [6.07, 6.45) is 5.71. The van der Waals surface area contributed by atoms with Crippen LogP contribution in [0, 0.1) is 0 Å². The van der Waals surface area contributed by atoms with Crippen LogP contribution in [0.2, 0.25) is 0 Å². The van der Waals surface area contributed by atoms with Gasteiger partial charge in [-0.25, -0.2) is 4.98 Å². The van der Waals surface area contributed by atoms with Gasteiger partial charge in [0, 0.05) is 25.3 Å². The predicted molar refractivity (Wildman–Crippen MR) is 62.8 cm³/mol. The molecule has 3 nitrogen and oxygen atoms in total. The summed E-state index contributed by atoms with van der Waals surface area (Å²) in [4.78, 5) is 6.89. The maximum Gasteiger partial charge on any atom is 0.128 e. The van der Waals surface area contributed by atoms with Gasteiger partial charge in [-0.05, 0) is 30.9 Å². The second-order valence-corrected chi connectivity index (χ2v) is 4.15. The number of rotatable bonds is 5. The van der Waals surface area contributed by atoms with Crippen molar-refractivity contribution in [3.05, 3.63) is 23.9 Å². The fourth-order valence-corrected chi connectivity index (χ4v) is 1.82. The fraction of sp³-hybridized carbons (Fsp3) is 0.583. The maximum absolute atomic E-state index is 5.55. The molecule has 3 heteroatoms. The highest BCUT2D eigenvalue weighted by atomic mass is 15.2. The van der Waals surface area contributed by atoms with Gasteiger partial charge in [0.1, 0.15) is 5.82 Å². The quantitative estimate of drug-likeness (QED) is 0.798. The van der Waals surface area contributed by atoms with Crippen LogP contribution in [0.3, 0.4) is 0 Å². The Hall–Kier alpha value is -1.09. The molecule has 0 unspecified atom stereocenters. The topological polar surface area (TPSA) is 42.1 Å². The van der Waals surface area contributed by atoms with Crippen molar-refractivity contribution in [2.24, 2.45) is 5.73 Å². The van der Waals surface area contributed by atoms with Crippen LogP contribution < -0.4 is 10.6 Å². The van der Waals surface area contributed by atoms with Crippen molar-refractivity contribution in [1.29, 1.82) is 0 Å². The molecule has 1 fully saturated rings. The highest BCUT2D eigenvalue weighted by Gasteiger charge is 2.29. The van der Waals surface area contributed by atoms with Crippen molar-refractivity contribution >= 4 is 5.82 Å². The van der Waals surface area contributed by atoms with E-state index >= 15 is 0 Å². The van der Waals surface area contributed by atoms with Crippen molar-refractivity contribution in [2.45, 2.75) is 38.8 Å². The monoisotopic (exact) mass is 205 g/mol. The molecule has 0 bridgehead atoms. The number of anilines is 1. The molecule has 1 aliphatic rings. The zero-order valence-corrected chi connectivity index (χ0v) is 9.32. The zero-order valence-electron chi connectivity index (χ0n) is 9.32. The first kappa shape index (κ1) is 10.4. The van der Waals surface area contributed by atoms with E-state index in [1.807, 2.05) is 6.20 Å². The summed E-state index contributed by atoms with van der Waals surface area (Å²) in [7, 11) is 0. The molecule has 0 atom stereocenters. The molecule has 1 aromatic rings. The van der Waals surface area contributed by atoms with Gasteiger partial charge >= 0.3 is 0 Å². The second-order valence-electron chi connectivity index (χ2n) is 4.15. The molecule has 1 saturated carbocycles. The minimum absolute atomic E-state index is 0.574. The molecular formula is C12H19N3. The van der Waals surface area contributed by atoms with Gasteiger partial charge in [0.25, 0.3) is 0 Å². The summed E-state index contributed by atoms with van der Waals surface area (Å²) in [5, 5.41) is 0. The molecule has 1 aromatic heterocycles. The lowest BCUT2D eigenvalue weighted by atomic mass is 10.2. The second kappa shape index (κ2) is 4.62. The standard InChI is InChI=1S/C12H19N3/c1-2-7-15(11-4-5-11)12-6-3-10(8-13)9-14-12/h3,6,9,11H,2,4-5,7-8,13H2,1H3. The van der Waals surface area contributed by atoms with E-state index in [1.165, 1.54) is 19.3 Å². The van der Waals surface area contributed by atoms with Crippen LogP contribution in [-0.4, -0.2) is 17.6 Å². The van der Waals surface area contributed by atoms with Crippen LogP contribution in [0.5, 0.6) is 0 Å². The Bertz CT molecular complexity index is 303.